The first-order valence-corrected chi connectivity index (χ1v) is 9.84. The van der Waals surface area contributed by atoms with Crippen molar-refractivity contribution < 1.29 is 17.9 Å². The Balaban J connectivity index is 2.13. The highest BCUT2D eigenvalue weighted by molar-refractivity contribution is 5.90. The van der Waals surface area contributed by atoms with Crippen molar-refractivity contribution in [3.05, 3.63) is 59.0 Å². The van der Waals surface area contributed by atoms with Crippen LogP contribution in [0.4, 0.5) is 13.2 Å². The van der Waals surface area contributed by atoms with Crippen LogP contribution in [0.2, 0.25) is 0 Å². The molecule has 0 aliphatic rings. The number of ether oxygens (including phenoxy) is 1. The number of hydrogen-bond acceptors (Lipinski definition) is 5. The maximum atomic E-state index is 15.1. The van der Waals surface area contributed by atoms with Crippen molar-refractivity contribution in [2.24, 2.45) is 5.73 Å². The lowest BCUT2D eigenvalue weighted by molar-refractivity contribution is -0.189. The van der Waals surface area contributed by atoms with Gasteiger partial charge in [0, 0.05) is 35.8 Å². The average Bonchev–Trinajstić information content (AvgIpc) is 3.41. The summed E-state index contributed by atoms with van der Waals surface area (Å²) in [6, 6.07) is 9.62. The number of aryl methyl sites for hydroxylation is 1. The number of H-pyrrole nitrogens is 2. The molecule has 32 heavy (non-hydrogen) atoms. The summed E-state index contributed by atoms with van der Waals surface area (Å²) in [5, 5.41) is 12.1. The minimum atomic E-state index is -4.83. The van der Waals surface area contributed by atoms with Gasteiger partial charge in [-0.25, -0.2) is 4.98 Å². The summed E-state index contributed by atoms with van der Waals surface area (Å²) in [7, 11) is 1.33. The summed E-state index contributed by atoms with van der Waals surface area (Å²) in [4.78, 5) is 10.1. The van der Waals surface area contributed by atoms with Gasteiger partial charge in [-0.05, 0) is 42.8 Å². The summed E-state index contributed by atoms with van der Waals surface area (Å²) in [5.74, 6) is -0.303. The Kier molecular flexibility index (Phi) is 5.32. The number of aromatic nitrogens is 3. The summed E-state index contributed by atoms with van der Waals surface area (Å²) < 4.78 is 50.8. The van der Waals surface area contributed by atoms with E-state index in [0.29, 0.717) is 22.0 Å². The fraction of sp³-hybridized carbons (Fsp3) is 0.273. The third kappa shape index (κ3) is 3.18. The van der Waals surface area contributed by atoms with E-state index in [0.717, 1.165) is 5.56 Å². The number of rotatable bonds is 6. The van der Waals surface area contributed by atoms with E-state index >= 15 is 13.2 Å². The van der Waals surface area contributed by atoms with Gasteiger partial charge in [0.1, 0.15) is 11.6 Å². The molecule has 0 spiro atoms. The molecule has 10 heteroatoms. The van der Waals surface area contributed by atoms with Crippen LogP contribution in [-0.2, 0) is 5.54 Å². The Morgan fingerprint density at radius 1 is 1.25 bits per heavy atom. The van der Waals surface area contributed by atoms with Gasteiger partial charge in [0.25, 0.3) is 0 Å². The molecule has 4 rings (SSSR count). The van der Waals surface area contributed by atoms with Crippen molar-refractivity contribution in [1.82, 2.24) is 20.3 Å². The van der Waals surface area contributed by atoms with Crippen molar-refractivity contribution in [3.63, 3.8) is 0 Å². The quantitative estimate of drug-likeness (QED) is 0.364. The zero-order chi connectivity index (χ0) is 23.1. The van der Waals surface area contributed by atoms with Gasteiger partial charge in [-0.3, -0.25) is 5.32 Å². The van der Waals surface area contributed by atoms with E-state index < -0.39 is 11.7 Å². The smallest absolute Gasteiger partial charge is 0.418 e. The number of halogens is 3. The number of nitrogens with zero attached hydrogens (tertiary/aromatic N) is 2. The second-order valence-corrected chi connectivity index (χ2v) is 7.43. The number of nitrogens with two attached hydrogens (primary N) is 1. The first-order chi connectivity index (χ1) is 15.3. The third-order valence-electron chi connectivity index (χ3n) is 5.53. The van der Waals surface area contributed by atoms with E-state index in [-0.39, 0.29) is 35.7 Å². The fourth-order valence-electron chi connectivity index (χ4n) is 4.10. The predicted octanol–water partition coefficient (Wildman–Crippen LogP) is 3.59. The molecule has 0 fully saturated rings. The highest BCUT2D eigenvalue weighted by atomic mass is 19.4. The molecule has 0 saturated heterocycles. The molecule has 0 amide bonds. The molecule has 4 aromatic rings. The van der Waals surface area contributed by atoms with Gasteiger partial charge in [0.15, 0.2) is 0 Å². The number of fused-ring (bicyclic) bond motifs is 2. The van der Waals surface area contributed by atoms with Crippen molar-refractivity contribution in [2.45, 2.75) is 18.6 Å². The van der Waals surface area contributed by atoms with Crippen LogP contribution in [0.15, 0.2) is 36.5 Å². The summed E-state index contributed by atoms with van der Waals surface area (Å²) >= 11 is 0. The van der Waals surface area contributed by atoms with E-state index in [2.05, 4.69) is 20.3 Å². The molecule has 0 saturated carbocycles. The van der Waals surface area contributed by atoms with Crippen molar-refractivity contribution >= 4 is 21.9 Å². The molecule has 7 nitrogen and oxygen atoms in total. The van der Waals surface area contributed by atoms with Crippen LogP contribution >= 0.6 is 0 Å². The first kappa shape index (κ1) is 21.7. The number of methoxy groups -OCH3 is 1. The second kappa shape index (κ2) is 7.85. The molecule has 0 bridgehead atoms. The van der Waals surface area contributed by atoms with Crippen LogP contribution in [0, 0.1) is 18.3 Å². The number of alkyl halides is 3. The third-order valence-corrected chi connectivity index (χ3v) is 5.53. The first-order valence-electron chi connectivity index (χ1n) is 9.84. The molecule has 0 radical (unpaired) electrons. The number of benzene rings is 2. The minimum Gasteiger partial charge on any atom is -0.496 e. The highest BCUT2D eigenvalue weighted by Gasteiger charge is 2.61. The molecule has 2 aromatic carbocycles. The SMILES string of the molecule is COc1cc(C)c2[nH]ccc2c1C(NCCN)(c1nc2cc(C#N)ccc2[nH]1)C(F)(F)F. The van der Waals surface area contributed by atoms with Crippen LogP contribution in [0.5, 0.6) is 5.75 Å². The normalized spacial score (nSPS) is 13.9. The number of nitrogens with one attached hydrogen (secondary N) is 3. The molecule has 2 aromatic heterocycles. The fourth-order valence-corrected chi connectivity index (χ4v) is 4.10. The molecule has 1 unspecified atom stereocenters. The molecule has 5 N–H and O–H groups in total. The zero-order valence-electron chi connectivity index (χ0n) is 17.4. The van der Waals surface area contributed by atoms with Crippen LogP contribution in [0.3, 0.4) is 0 Å². The summed E-state index contributed by atoms with van der Waals surface area (Å²) in [6.45, 7) is 1.63. The maximum absolute atomic E-state index is 15.1. The van der Waals surface area contributed by atoms with Crippen molar-refractivity contribution in [2.75, 3.05) is 20.2 Å². The van der Waals surface area contributed by atoms with E-state index in [1.807, 2.05) is 6.07 Å². The molecule has 0 aliphatic heterocycles. The van der Waals surface area contributed by atoms with Crippen LogP contribution in [0.1, 0.15) is 22.5 Å². The van der Waals surface area contributed by atoms with Gasteiger partial charge in [-0.2, -0.15) is 18.4 Å². The van der Waals surface area contributed by atoms with Crippen molar-refractivity contribution in [1.29, 1.82) is 5.26 Å². The molecule has 1 atom stereocenters. The molecular weight excluding hydrogens is 421 g/mol. The van der Waals surface area contributed by atoms with Gasteiger partial charge >= 0.3 is 6.18 Å². The molecule has 0 aliphatic carbocycles. The van der Waals surface area contributed by atoms with E-state index in [1.54, 1.807) is 25.3 Å². The van der Waals surface area contributed by atoms with E-state index in [4.69, 9.17) is 15.7 Å². The largest absolute Gasteiger partial charge is 0.496 e. The Morgan fingerprint density at radius 2 is 2.03 bits per heavy atom. The average molecular weight is 442 g/mol. The Morgan fingerprint density at radius 3 is 2.69 bits per heavy atom. The second-order valence-electron chi connectivity index (χ2n) is 7.43. The monoisotopic (exact) mass is 442 g/mol. The Hall–Kier alpha value is -3.55. The summed E-state index contributed by atoms with van der Waals surface area (Å²) in [5.41, 5.74) is 4.95. The van der Waals surface area contributed by atoms with E-state index in [9.17, 15) is 0 Å². The number of nitriles is 1. The van der Waals surface area contributed by atoms with Gasteiger partial charge in [0.2, 0.25) is 5.54 Å². The lowest BCUT2D eigenvalue weighted by Gasteiger charge is -2.37. The van der Waals surface area contributed by atoms with Gasteiger partial charge in [-0.15, -0.1) is 0 Å². The number of imidazole rings is 1. The molecular formula is C22H21F3N6O. The number of hydrogen-bond donors (Lipinski definition) is 4. The lowest BCUT2D eigenvalue weighted by Crippen LogP contribution is -2.57. The minimum absolute atomic E-state index is 0.0267. The summed E-state index contributed by atoms with van der Waals surface area (Å²) in [6.07, 6.45) is -3.25. The van der Waals surface area contributed by atoms with Crippen LogP contribution in [0.25, 0.3) is 21.9 Å². The van der Waals surface area contributed by atoms with E-state index in [1.165, 1.54) is 25.3 Å². The predicted molar refractivity (Wildman–Crippen MR) is 114 cm³/mol. The molecule has 2 heterocycles. The van der Waals surface area contributed by atoms with Crippen LogP contribution in [-0.4, -0.2) is 41.3 Å². The topological polar surface area (TPSA) is 116 Å². The zero-order valence-corrected chi connectivity index (χ0v) is 17.4. The number of aromatic amines is 2. The lowest BCUT2D eigenvalue weighted by atomic mass is 9.84. The van der Waals surface area contributed by atoms with Gasteiger partial charge in [-0.1, -0.05) is 0 Å². The Labute approximate surface area is 181 Å². The van der Waals surface area contributed by atoms with Gasteiger partial charge < -0.3 is 20.4 Å². The standard InChI is InChI=1S/C22H21F3N6O/c1-12-9-17(32-2)18(14-5-7-28-19(12)14)21(22(23,24)25,29-8-6-26)20-30-15-4-3-13(11-27)10-16(15)31-20/h3-5,7,9-10,28-29H,6,8,26H2,1-2H3,(H,30,31). The molecule has 166 valence electrons. The van der Waals surface area contributed by atoms with Crippen molar-refractivity contribution in [3.8, 4) is 11.8 Å². The van der Waals surface area contributed by atoms with Crippen LogP contribution < -0.4 is 15.8 Å². The Bertz CT molecular complexity index is 1330. The maximum Gasteiger partial charge on any atom is 0.418 e. The highest BCUT2D eigenvalue weighted by Crippen LogP contribution is 2.49. The van der Waals surface area contributed by atoms with Gasteiger partial charge in [0.05, 0.1) is 29.8 Å².